The maximum absolute atomic E-state index is 12.8. The molecule has 0 aliphatic carbocycles. The van der Waals surface area contributed by atoms with Crippen LogP contribution in [-0.2, 0) is 18.4 Å². The molecule has 0 saturated heterocycles. The number of carbonyl (C=O) groups excluding carboxylic acids is 1. The Balaban J connectivity index is 3.83. The summed E-state index contributed by atoms with van der Waals surface area (Å²) in [5.74, 6) is -0.185. The van der Waals surface area contributed by atoms with Crippen molar-refractivity contribution in [3.8, 4) is 0 Å². The van der Waals surface area contributed by atoms with Crippen molar-refractivity contribution in [2.75, 3.05) is 40.9 Å². The first kappa shape index (κ1) is 64.4. The van der Waals surface area contributed by atoms with Gasteiger partial charge in [-0.2, -0.15) is 0 Å². The summed E-state index contributed by atoms with van der Waals surface area (Å²) in [6, 6.07) is -0.846. The minimum atomic E-state index is -4.33. The van der Waals surface area contributed by atoms with Crippen LogP contribution in [0.3, 0.4) is 0 Å². The first-order valence-corrected chi connectivity index (χ1v) is 28.6. The van der Waals surface area contributed by atoms with Gasteiger partial charge in [0.05, 0.1) is 39.9 Å². The molecule has 0 aliphatic heterocycles. The van der Waals surface area contributed by atoms with E-state index in [2.05, 4.69) is 104 Å². The number of hydrogen-bond acceptors (Lipinski definition) is 5. The van der Waals surface area contributed by atoms with E-state index in [1.54, 1.807) is 6.08 Å². The van der Waals surface area contributed by atoms with Gasteiger partial charge >= 0.3 is 7.82 Å². The lowest BCUT2D eigenvalue weighted by Crippen LogP contribution is -2.45. The molecule has 3 atom stereocenters. The number of aliphatic hydroxyl groups excluding tert-OH is 1. The molecule has 0 heterocycles. The molecule has 0 spiro atoms. The summed E-state index contributed by atoms with van der Waals surface area (Å²) < 4.78 is 23.4. The highest BCUT2D eigenvalue weighted by Crippen LogP contribution is 2.43. The maximum Gasteiger partial charge on any atom is 0.472 e. The number of likely N-dealkylation sites (N-methyl/N-ethyl adjacent to an activating group) is 1. The molecule has 0 aromatic heterocycles. The molecule has 0 aromatic rings. The molecule has 8 nitrogen and oxygen atoms in total. The molecule has 9 heteroatoms. The molecule has 3 N–H and O–H groups in total. The molecular weight excluding hydrogens is 852 g/mol. The van der Waals surface area contributed by atoms with Gasteiger partial charge in [-0.3, -0.25) is 13.8 Å². The molecule has 0 saturated carbocycles. The third kappa shape index (κ3) is 51.1. The fraction of sp³-hybridized carbons (Fsp3) is 0.707. The van der Waals surface area contributed by atoms with E-state index in [1.165, 1.54) is 103 Å². The van der Waals surface area contributed by atoms with Crippen LogP contribution in [-0.4, -0.2) is 73.4 Å². The van der Waals surface area contributed by atoms with Crippen molar-refractivity contribution < 1.29 is 32.9 Å². The first-order valence-electron chi connectivity index (χ1n) is 27.1. The van der Waals surface area contributed by atoms with Crippen LogP contribution >= 0.6 is 7.82 Å². The fourth-order valence-corrected chi connectivity index (χ4v) is 8.05. The Kier molecular flexibility index (Phi) is 46.6. The average molecular weight is 956 g/mol. The zero-order valence-corrected chi connectivity index (χ0v) is 44.8. The molecule has 0 fully saturated rings. The van der Waals surface area contributed by atoms with E-state index in [4.69, 9.17) is 9.05 Å². The van der Waals surface area contributed by atoms with E-state index >= 15 is 0 Å². The standard InChI is InChI=1S/C58H103N2O6P/c1-6-8-10-12-14-15-16-17-18-19-20-21-22-23-24-25-26-27-28-29-30-31-32-33-34-35-36-37-38-39-40-41-42-43-44-45-46-48-50-52-58(62)59-56(57(61)51-49-47-13-11-9-7-2)55-66-67(63,64)65-54-53-60(3,4)5/h8,10,14-15,17-18,20-21,23-24,26-27,29-30,49,51,56-57,61H,6-7,9,11-13,16,19,22,25,28,31-48,50,52-55H2,1-5H3,(H-,59,62,63,64)/p+1/b10-8-,15-14-,18-17-,21-20-,24-23-,27-26-,30-29-,51-49+. The predicted octanol–water partition coefficient (Wildman–Crippen LogP) is 16.3. The first-order chi connectivity index (χ1) is 32.5. The Labute approximate surface area is 413 Å². The van der Waals surface area contributed by atoms with E-state index in [-0.39, 0.29) is 19.1 Å². The number of nitrogens with zero attached hydrogens (tertiary/aromatic N) is 1. The van der Waals surface area contributed by atoms with Gasteiger partial charge < -0.3 is 19.8 Å². The predicted molar refractivity (Wildman–Crippen MR) is 290 cm³/mol. The maximum atomic E-state index is 12.8. The lowest BCUT2D eigenvalue weighted by molar-refractivity contribution is -0.870. The molecule has 386 valence electrons. The summed E-state index contributed by atoms with van der Waals surface area (Å²) in [6.45, 7) is 4.61. The summed E-state index contributed by atoms with van der Waals surface area (Å²) in [5, 5.41) is 13.7. The Bertz CT molecular complexity index is 1410. The summed E-state index contributed by atoms with van der Waals surface area (Å²) in [5.41, 5.74) is 0. The van der Waals surface area contributed by atoms with Gasteiger partial charge in [-0.15, -0.1) is 0 Å². The highest BCUT2D eigenvalue weighted by atomic mass is 31.2. The van der Waals surface area contributed by atoms with Crippen molar-refractivity contribution in [1.82, 2.24) is 5.32 Å². The highest BCUT2D eigenvalue weighted by Gasteiger charge is 2.27. The zero-order valence-electron chi connectivity index (χ0n) is 43.9. The van der Waals surface area contributed by atoms with Crippen molar-refractivity contribution in [2.45, 2.75) is 225 Å². The number of amides is 1. The molecule has 0 aromatic carbocycles. The summed E-state index contributed by atoms with van der Waals surface area (Å²) in [7, 11) is 1.56. The summed E-state index contributed by atoms with van der Waals surface area (Å²) in [6.07, 6.45) is 69.8. The van der Waals surface area contributed by atoms with Crippen molar-refractivity contribution in [2.24, 2.45) is 0 Å². The monoisotopic (exact) mass is 956 g/mol. The number of phosphoric acid groups is 1. The van der Waals surface area contributed by atoms with Gasteiger partial charge in [-0.25, -0.2) is 4.57 Å². The van der Waals surface area contributed by atoms with E-state index < -0.39 is 20.0 Å². The third-order valence-corrected chi connectivity index (χ3v) is 12.5. The van der Waals surface area contributed by atoms with Crippen molar-refractivity contribution in [1.29, 1.82) is 0 Å². The van der Waals surface area contributed by atoms with Crippen LogP contribution in [0, 0.1) is 0 Å². The SMILES string of the molecule is CC/C=C\C/C=C\C/C=C\C/C=C\C/C=C\C/C=C\C/C=C\CCCCCCCCCCCCCCCCCCCC(=O)NC(COP(=O)(O)OCC[N+](C)(C)C)C(O)/C=C/CCCCCC. The molecular formula is C58H104N2O6P+. The Hall–Kier alpha value is -2.58. The fourth-order valence-electron chi connectivity index (χ4n) is 7.32. The topological polar surface area (TPSA) is 105 Å². The van der Waals surface area contributed by atoms with E-state index in [1.807, 2.05) is 27.2 Å². The van der Waals surface area contributed by atoms with Gasteiger partial charge in [-0.1, -0.05) is 227 Å². The van der Waals surface area contributed by atoms with Gasteiger partial charge in [0, 0.05) is 6.42 Å². The highest BCUT2D eigenvalue weighted by molar-refractivity contribution is 7.47. The molecule has 0 aliphatic rings. The second-order valence-electron chi connectivity index (χ2n) is 19.2. The van der Waals surface area contributed by atoms with Gasteiger partial charge in [-0.05, 0) is 77.0 Å². The lowest BCUT2D eigenvalue weighted by atomic mass is 10.0. The molecule has 3 unspecified atom stereocenters. The van der Waals surface area contributed by atoms with Crippen molar-refractivity contribution in [3.05, 3.63) is 97.2 Å². The molecule has 0 bridgehead atoms. The zero-order chi connectivity index (χ0) is 49.2. The Morgan fingerprint density at radius 2 is 0.896 bits per heavy atom. The third-order valence-electron chi connectivity index (χ3n) is 11.6. The number of unbranched alkanes of at least 4 members (excludes halogenated alkanes) is 21. The second-order valence-corrected chi connectivity index (χ2v) is 20.7. The Morgan fingerprint density at radius 3 is 1.31 bits per heavy atom. The largest absolute Gasteiger partial charge is 0.472 e. The molecule has 1 amide bonds. The smallest absolute Gasteiger partial charge is 0.387 e. The van der Waals surface area contributed by atoms with Crippen LogP contribution in [0.4, 0.5) is 0 Å². The van der Waals surface area contributed by atoms with E-state index in [0.29, 0.717) is 17.4 Å². The van der Waals surface area contributed by atoms with E-state index in [9.17, 15) is 19.4 Å². The van der Waals surface area contributed by atoms with Crippen molar-refractivity contribution in [3.63, 3.8) is 0 Å². The van der Waals surface area contributed by atoms with Gasteiger partial charge in [0.15, 0.2) is 0 Å². The lowest BCUT2D eigenvalue weighted by Gasteiger charge is -2.25. The van der Waals surface area contributed by atoms with Gasteiger partial charge in [0.1, 0.15) is 13.2 Å². The van der Waals surface area contributed by atoms with Gasteiger partial charge in [0.25, 0.3) is 0 Å². The summed E-state index contributed by atoms with van der Waals surface area (Å²) >= 11 is 0. The van der Waals surface area contributed by atoms with Crippen LogP contribution in [0.2, 0.25) is 0 Å². The second kappa shape index (κ2) is 48.4. The number of quaternary nitrogens is 1. The average Bonchev–Trinajstić information content (AvgIpc) is 3.29. The molecule has 0 radical (unpaired) electrons. The van der Waals surface area contributed by atoms with Crippen LogP contribution in [0.1, 0.15) is 213 Å². The summed E-state index contributed by atoms with van der Waals surface area (Å²) in [4.78, 5) is 23.0. The number of hydrogen-bond donors (Lipinski definition) is 3. The number of aliphatic hydroxyl groups is 1. The number of nitrogens with one attached hydrogen (secondary N) is 1. The van der Waals surface area contributed by atoms with Crippen LogP contribution in [0.15, 0.2) is 97.2 Å². The minimum Gasteiger partial charge on any atom is -0.387 e. The molecule has 67 heavy (non-hydrogen) atoms. The number of rotatable bonds is 48. The number of carbonyl (C=O) groups is 1. The number of allylic oxidation sites excluding steroid dienone is 15. The minimum absolute atomic E-state index is 0.0584. The Morgan fingerprint density at radius 1 is 0.522 bits per heavy atom. The molecule has 0 rings (SSSR count). The van der Waals surface area contributed by atoms with Crippen LogP contribution in [0.25, 0.3) is 0 Å². The quantitative estimate of drug-likeness (QED) is 0.0243. The van der Waals surface area contributed by atoms with E-state index in [0.717, 1.165) is 89.9 Å². The van der Waals surface area contributed by atoms with Gasteiger partial charge in [0.2, 0.25) is 5.91 Å². The normalized spacial score (nSPS) is 14.8. The van der Waals surface area contributed by atoms with Crippen LogP contribution < -0.4 is 5.32 Å². The van der Waals surface area contributed by atoms with Crippen molar-refractivity contribution >= 4 is 13.7 Å². The number of phosphoric ester groups is 1. The van der Waals surface area contributed by atoms with Crippen LogP contribution in [0.5, 0.6) is 0 Å².